The lowest BCUT2D eigenvalue weighted by molar-refractivity contribution is 0.0962. The fourth-order valence-electron chi connectivity index (χ4n) is 1.67. The first-order chi connectivity index (χ1) is 9.33. The molecular formula is C14H11N3OS. The molecule has 0 radical (unpaired) electrons. The third-order valence-electron chi connectivity index (χ3n) is 2.58. The van der Waals surface area contributed by atoms with Crippen molar-refractivity contribution in [1.29, 1.82) is 0 Å². The number of aromatic nitrogens is 1. The SMILES string of the molecule is O=C(NNc1ccccc1)c1nc2ccccc2s1. The molecule has 3 rings (SSSR count). The maximum Gasteiger partial charge on any atom is 0.298 e. The normalized spacial score (nSPS) is 10.3. The number of carbonyl (C=O) groups is 1. The van der Waals surface area contributed by atoms with Crippen LogP contribution in [-0.2, 0) is 0 Å². The Hall–Kier alpha value is -2.40. The van der Waals surface area contributed by atoms with Crippen LogP contribution < -0.4 is 10.9 Å². The van der Waals surface area contributed by atoms with E-state index in [0.29, 0.717) is 5.01 Å². The summed E-state index contributed by atoms with van der Waals surface area (Å²) in [6, 6.07) is 17.1. The first-order valence-electron chi connectivity index (χ1n) is 5.80. The summed E-state index contributed by atoms with van der Waals surface area (Å²) in [7, 11) is 0. The van der Waals surface area contributed by atoms with Crippen LogP contribution in [0.3, 0.4) is 0 Å². The molecule has 3 aromatic rings. The highest BCUT2D eigenvalue weighted by atomic mass is 32.1. The van der Waals surface area contributed by atoms with Gasteiger partial charge in [-0.2, -0.15) is 0 Å². The standard InChI is InChI=1S/C14H11N3OS/c18-13(17-16-10-6-2-1-3-7-10)14-15-11-8-4-5-9-12(11)19-14/h1-9,16H,(H,17,18). The van der Waals surface area contributed by atoms with Gasteiger partial charge < -0.3 is 0 Å². The van der Waals surface area contributed by atoms with Crippen LogP contribution in [0.25, 0.3) is 10.2 Å². The summed E-state index contributed by atoms with van der Waals surface area (Å²) in [5, 5.41) is 0.449. The van der Waals surface area contributed by atoms with Crippen molar-refractivity contribution >= 4 is 33.1 Å². The molecule has 1 amide bonds. The largest absolute Gasteiger partial charge is 0.298 e. The molecule has 0 bridgehead atoms. The number of para-hydroxylation sites is 2. The summed E-state index contributed by atoms with van der Waals surface area (Å²) in [5.41, 5.74) is 7.16. The van der Waals surface area contributed by atoms with Crippen molar-refractivity contribution in [2.45, 2.75) is 0 Å². The van der Waals surface area contributed by atoms with Gasteiger partial charge in [-0.3, -0.25) is 15.6 Å². The monoisotopic (exact) mass is 269 g/mol. The Bertz CT molecular complexity index is 676. The predicted molar refractivity (Wildman–Crippen MR) is 77.2 cm³/mol. The molecule has 19 heavy (non-hydrogen) atoms. The molecule has 0 aliphatic rings. The number of nitrogens with zero attached hydrogens (tertiary/aromatic N) is 1. The van der Waals surface area contributed by atoms with E-state index in [2.05, 4.69) is 15.8 Å². The molecule has 0 saturated heterocycles. The number of fused-ring (bicyclic) bond motifs is 1. The Kier molecular flexibility index (Phi) is 3.12. The zero-order valence-corrected chi connectivity index (χ0v) is 10.8. The summed E-state index contributed by atoms with van der Waals surface area (Å²) in [6.45, 7) is 0. The van der Waals surface area contributed by atoms with E-state index in [1.807, 2.05) is 54.6 Å². The predicted octanol–water partition coefficient (Wildman–Crippen LogP) is 3.05. The van der Waals surface area contributed by atoms with E-state index >= 15 is 0 Å². The Morgan fingerprint density at radius 3 is 2.53 bits per heavy atom. The molecule has 1 aromatic heterocycles. The summed E-state index contributed by atoms with van der Waals surface area (Å²) in [5.74, 6) is -0.231. The maximum atomic E-state index is 12.0. The molecule has 94 valence electrons. The highest BCUT2D eigenvalue weighted by molar-refractivity contribution is 7.20. The Balaban J connectivity index is 1.73. The van der Waals surface area contributed by atoms with Crippen molar-refractivity contribution in [1.82, 2.24) is 10.4 Å². The van der Waals surface area contributed by atoms with Crippen LogP contribution in [0.4, 0.5) is 5.69 Å². The number of carbonyl (C=O) groups excluding carboxylic acids is 1. The molecule has 4 nitrogen and oxygen atoms in total. The zero-order valence-electron chi connectivity index (χ0n) is 9.96. The van der Waals surface area contributed by atoms with E-state index in [-0.39, 0.29) is 5.91 Å². The second kappa shape index (κ2) is 5.07. The van der Waals surface area contributed by atoms with E-state index in [1.54, 1.807) is 0 Å². The van der Waals surface area contributed by atoms with Crippen molar-refractivity contribution in [3.63, 3.8) is 0 Å². The molecule has 0 aliphatic heterocycles. The minimum Gasteiger partial charge on any atom is -0.298 e. The first-order valence-corrected chi connectivity index (χ1v) is 6.61. The minimum absolute atomic E-state index is 0.231. The molecule has 2 N–H and O–H groups in total. The molecule has 0 unspecified atom stereocenters. The van der Waals surface area contributed by atoms with Gasteiger partial charge in [0.1, 0.15) is 0 Å². The lowest BCUT2D eigenvalue weighted by atomic mass is 10.3. The average molecular weight is 269 g/mol. The van der Waals surface area contributed by atoms with Crippen LogP contribution in [0.2, 0.25) is 0 Å². The summed E-state index contributed by atoms with van der Waals surface area (Å²) >= 11 is 1.38. The third-order valence-corrected chi connectivity index (χ3v) is 3.62. The zero-order chi connectivity index (χ0) is 13.1. The fraction of sp³-hybridized carbons (Fsp3) is 0. The topological polar surface area (TPSA) is 54.0 Å². The molecule has 5 heteroatoms. The molecule has 0 fully saturated rings. The van der Waals surface area contributed by atoms with Crippen molar-refractivity contribution in [2.75, 3.05) is 5.43 Å². The van der Waals surface area contributed by atoms with E-state index in [1.165, 1.54) is 11.3 Å². The second-order valence-electron chi connectivity index (χ2n) is 3.93. The number of nitrogens with one attached hydrogen (secondary N) is 2. The van der Waals surface area contributed by atoms with Gasteiger partial charge in [0.15, 0.2) is 5.01 Å². The van der Waals surface area contributed by atoms with Crippen LogP contribution in [0.15, 0.2) is 54.6 Å². The number of hydrogen-bond donors (Lipinski definition) is 2. The number of benzene rings is 2. The Morgan fingerprint density at radius 2 is 1.74 bits per heavy atom. The number of thiazole rings is 1. The van der Waals surface area contributed by atoms with E-state index in [0.717, 1.165) is 15.9 Å². The Labute approximate surface area is 114 Å². The highest BCUT2D eigenvalue weighted by Gasteiger charge is 2.11. The molecule has 1 heterocycles. The van der Waals surface area contributed by atoms with Crippen LogP contribution >= 0.6 is 11.3 Å². The smallest absolute Gasteiger partial charge is 0.298 e. The van der Waals surface area contributed by atoms with Crippen molar-refractivity contribution < 1.29 is 4.79 Å². The van der Waals surface area contributed by atoms with Crippen molar-refractivity contribution in [3.8, 4) is 0 Å². The van der Waals surface area contributed by atoms with Gasteiger partial charge in [-0.25, -0.2) is 4.98 Å². The highest BCUT2D eigenvalue weighted by Crippen LogP contribution is 2.21. The van der Waals surface area contributed by atoms with E-state index < -0.39 is 0 Å². The Morgan fingerprint density at radius 1 is 1.00 bits per heavy atom. The molecule has 0 aliphatic carbocycles. The van der Waals surface area contributed by atoms with E-state index in [4.69, 9.17) is 0 Å². The third kappa shape index (κ3) is 2.56. The lowest BCUT2D eigenvalue weighted by Gasteiger charge is -2.05. The lowest BCUT2D eigenvalue weighted by Crippen LogP contribution is -2.29. The van der Waals surface area contributed by atoms with Crippen LogP contribution in [0, 0.1) is 0 Å². The summed E-state index contributed by atoms with van der Waals surface area (Å²) in [4.78, 5) is 16.3. The molecule has 2 aromatic carbocycles. The average Bonchev–Trinajstić information content (AvgIpc) is 2.90. The van der Waals surface area contributed by atoms with Crippen LogP contribution in [-0.4, -0.2) is 10.9 Å². The molecule has 0 saturated carbocycles. The molecule has 0 spiro atoms. The number of rotatable bonds is 3. The van der Waals surface area contributed by atoms with Crippen molar-refractivity contribution in [3.05, 3.63) is 59.6 Å². The number of hydrogen-bond acceptors (Lipinski definition) is 4. The van der Waals surface area contributed by atoms with Gasteiger partial charge in [-0.15, -0.1) is 11.3 Å². The second-order valence-corrected chi connectivity index (χ2v) is 4.96. The fourth-order valence-corrected chi connectivity index (χ4v) is 2.53. The van der Waals surface area contributed by atoms with Gasteiger partial charge in [0.25, 0.3) is 5.91 Å². The summed E-state index contributed by atoms with van der Waals surface area (Å²) < 4.78 is 1.01. The number of hydrazine groups is 1. The van der Waals surface area contributed by atoms with Gasteiger partial charge in [-0.1, -0.05) is 30.3 Å². The minimum atomic E-state index is -0.231. The van der Waals surface area contributed by atoms with E-state index in [9.17, 15) is 4.79 Å². The first kappa shape index (κ1) is 11.7. The quantitative estimate of drug-likeness (QED) is 0.718. The number of anilines is 1. The molecule has 0 atom stereocenters. The van der Waals surface area contributed by atoms with Gasteiger partial charge in [0.05, 0.1) is 15.9 Å². The summed E-state index contributed by atoms with van der Waals surface area (Å²) in [6.07, 6.45) is 0. The maximum absolute atomic E-state index is 12.0. The van der Waals surface area contributed by atoms with Gasteiger partial charge in [-0.05, 0) is 24.3 Å². The van der Waals surface area contributed by atoms with Gasteiger partial charge in [0.2, 0.25) is 0 Å². The van der Waals surface area contributed by atoms with Crippen molar-refractivity contribution in [2.24, 2.45) is 0 Å². The molecular weight excluding hydrogens is 258 g/mol. The van der Waals surface area contributed by atoms with Crippen LogP contribution in [0.1, 0.15) is 9.80 Å². The van der Waals surface area contributed by atoms with Gasteiger partial charge >= 0.3 is 0 Å². The number of amides is 1. The van der Waals surface area contributed by atoms with Gasteiger partial charge in [0, 0.05) is 0 Å². The van der Waals surface area contributed by atoms with Crippen LogP contribution in [0.5, 0.6) is 0 Å².